The second-order valence-corrected chi connectivity index (χ2v) is 7.09. The van der Waals surface area contributed by atoms with Gasteiger partial charge in [0.15, 0.2) is 18.0 Å². The summed E-state index contributed by atoms with van der Waals surface area (Å²) in [6, 6.07) is 3.00. The van der Waals surface area contributed by atoms with Gasteiger partial charge in [0.2, 0.25) is 5.03 Å². The number of rotatable bonds is 3. The van der Waals surface area contributed by atoms with Crippen molar-refractivity contribution in [3.05, 3.63) is 52.8 Å². The van der Waals surface area contributed by atoms with E-state index in [1.807, 2.05) is 4.72 Å². The Bertz CT molecular complexity index is 904. The first-order valence-corrected chi connectivity index (χ1v) is 8.14. The summed E-state index contributed by atoms with van der Waals surface area (Å²) in [5.74, 6) is -2.06. The molecule has 2 aliphatic rings. The maximum absolute atomic E-state index is 13.6. The van der Waals surface area contributed by atoms with Gasteiger partial charge in [-0.3, -0.25) is 4.72 Å². The molecule has 0 saturated heterocycles. The normalized spacial score (nSPS) is 23.0. The van der Waals surface area contributed by atoms with Gasteiger partial charge in [0.05, 0.1) is 0 Å². The third-order valence-corrected chi connectivity index (χ3v) is 4.63. The first-order valence-electron chi connectivity index (χ1n) is 6.32. The van der Waals surface area contributed by atoms with Gasteiger partial charge in [-0.1, -0.05) is 6.07 Å². The molecule has 0 saturated carbocycles. The molecule has 0 spiro atoms. The van der Waals surface area contributed by atoms with E-state index in [2.05, 4.69) is 9.98 Å². The molecular weight excluding hydrogens is 350 g/mol. The molecular formula is C13H10ClF2N4O2S+. The number of aliphatic imine (C=N–C) groups is 2. The summed E-state index contributed by atoms with van der Waals surface area (Å²) >= 11 is 6.23. The monoisotopic (exact) mass is 359 g/mol. The number of sulfonamides is 1. The number of para-hydroxylation sites is 1. The highest BCUT2D eigenvalue weighted by atomic mass is 35.5. The molecule has 1 atom stereocenters. The van der Waals surface area contributed by atoms with Crippen molar-refractivity contribution in [2.24, 2.45) is 9.98 Å². The minimum atomic E-state index is -4.33. The van der Waals surface area contributed by atoms with Crippen molar-refractivity contribution in [1.82, 2.24) is 0 Å². The highest BCUT2D eigenvalue weighted by Crippen LogP contribution is 2.33. The minimum absolute atomic E-state index is 0.0200. The van der Waals surface area contributed by atoms with Crippen molar-refractivity contribution in [2.45, 2.75) is 6.92 Å². The van der Waals surface area contributed by atoms with Crippen LogP contribution in [0.4, 0.5) is 14.5 Å². The van der Waals surface area contributed by atoms with E-state index in [1.54, 1.807) is 6.92 Å². The van der Waals surface area contributed by atoms with Gasteiger partial charge in [0.1, 0.15) is 23.5 Å². The Morgan fingerprint density at radius 2 is 1.87 bits per heavy atom. The number of quaternary nitrogens is 1. The molecule has 0 amide bonds. The highest BCUT2D eigenvalue weighted by Gasteiger charge is 2.43. The number of hydrogen-bond donors (Lipinski definition) is 1. The zero-order valence-electron chi connectivity index (χ0n) is 11.7. The summed E-state index contributed by atoms with van der Waals surface area (Å²) in [7, 11) is -4.33. The van der Waals surface area contributed by atoms with E-state index in [1.165, 1.54) is 12.4 Å². The van der Waals surface area contributed by atoms with Gasteiger partial charge in [0.25, 0.3) is 10.0 Å². The van der Waals surface area contributed by atoms with Crippen LogP contribution in [0.25, 0.3) is 0 Å². The van der Waals surface area contributed by atoms with E-state index in [9.17, 15) is 17.2 Å². The molecule has 23 heavy (non-hydrogen) atoms. The van der Waals surface area contributed by atoms with Gasteiger partial charge >= 0.3 is 5.96 Å². The quantitative estimate of drug-likeness (QED) is 0.843. The summed E-state index contributed by atoms with van der Waals surface area (Å²) in [6.07, 6.45) is 4.11. The van der Waals surface area contributed by atoms with Crippen molar-refractivity contribution in [2.75, 3.05) is 4.72 Å². The molecule has 2 heterocycles. The van der Waals surface area contributed by atoms with Gasteiger partial charge in [-0.25, -0.2) is 8.78 Å². The van der Waals surface area contributed by atoms with E-state index in [0.29, 0.717) is 5.57 Å². The maximum atomic E-state index is 13.6. The van der Waals surface area contributed by atoms with Crippen molar-refractivity contribution in [1.29, 1.82) is 0 Å². The van der Waals surface area contributed by atoms with E-state index in [0.717, 1.165) is 24.4 Å². The van der Waals surface area contributed by atoms with Crippen LogP contribution in [0, 0.1) is 11.6 Å². The number of guanidine groups is 1. The Kier molecular flexibility index (Phi) is 3.58. The number of allylic oxidation sites excluding steroid dienone is 1. The molecule has 1 aromatic carbocycles. The van der Waals surface area contributed by atoms with Gasteiger partial charge in [-0.2, -0.15) is 18.4 Å². The van der Waals surface area contributed by atoms with Crippen molar-refractivity contribution in [3.8, 4) is 0 Å². The van der Waals surface area contributed by atoms with Crippen LogP contribution < -0.4 is 4.72 Å². The van der Waals surface area contributed by atoms with Crippen molar-refractivity contribution in [3.63, 3.8) is 0 Å². The zero-order chi connectivity index (χ0) is 16.8. The predicted octanol–water partition coefficient (Wildman–Crippen LogP) is 2.83. The van der Waals surface area contributed by atoms with Crippen molar-refractivity contribution >= 4 is 39.7 Å². The lowest BCUT2D eigenvalue weighted by atomic mass is 10.3. The number of nitrogens with zero attached hydrogens (tertiary/aromatic N) is 3. The summed E-state index contributed by atoms with van der Waals surface area (Å²) in [5, 5.41) is -0.478. The molecule has 3 rings (SSSR count). The molecule has 1 N–H and O–H groups in total. The third-order valence-electron chi connectivity index (χ3n) is 3.06. The summed E-state index contributed by atoms with van der Waals surface area (Å²) in [4.78, 5) is 7.78. The lowest BCUT2D eigenvalue weighted by molar-refractivity contribution is -0.592. The minimum Gasteiger partial charge on any atom is -0.272 e. The first-order chi connectivity index (χ1) is 10.7. The van der Waals surface area contributed by atoms with Crippen LogP contribution in [0.2, 0.25) is 0 Å². The molecule has 10 heteroatoms. The number of benzene rings is 1. The molecule has 120 valence electrons. The number of anilines is 1. The third kappa shape index (κ3) is 2.78. The van der Waals surface area contributed by atoms with Crippen LogP contribution in [0.15, 0.2) is 51.2 Å². The SMILES string of the molecule is CC1=C[N+]2(Cl)C=C(S(=O)(=O)Nc3c(F)cccc3F)N=C2N=C1. The standard InChI is InChI=1S/C13H10ClF2N4O2S/c1-8-5-17-13-18-11(7-20(13,14)6-8)23(21,22)19-12-9(15)3-2-4-10(12)16/h2-7,19H,1H3/q+1. The highest BCUT2D eigenvalue weighted by molar-refractivity contribution is 7.96. The zero-order valence-corrected chi connectivity index (χ0v) is 13.2. The van der Waals surface area contributed by atoms with Gasteiger partial charge in [-0.15, -0.1) is 4.00 Å². The molecule has 6 nitrogen and oxygen atoms in total. The molecule has 0 aliphatic carbocycles. The van der Waals surface area contributed by atoms with Crippen LogP contribution in [-0.4, -0.2) is 24.6 Å². The Balaban J connectivity index is 2.00. The van der Waals surface area contributed by atoms with Crippen molar-refractivity contribution < 1.29 is 21.2 Å². The fourth-order valence-electron chi connectivity index (χ4n) is 2.04. The van der Waals surface area contributed by atoms with E-state index >= 15 is 0 Å². The lowest BCUT2D eigenvalue weighted by Crippen LogP contribution is -2.32. The number of fused-ring (bicyclic) bond motifs is 1. The fourth-order valence-corrected chi connectivity index (χ4v) is 3.50. The average molecular weight is 360 g/mol. The molecule has 0 fully saturated rings. The summed E-state index contributed by atoms with van der Waals surface area (Å²) in [6.45, 7) is 1.73. The van der Waals surface area contributed by atoms with Crippen LogP contribution >= 0.6 is 11.8 Å². The Morgan fingerprint density at radius 1 is 1.22 bits per heavy atom. The molecule has 1 unspecified atom stereocenters. The lowest BCUT2D eigenvalue weighted by Gasteiger charge is -2.16. The van der Waals surface area contributed by atoms with Gasteiger partial charge in [0, 0.05) is 11.8 Å². The Labute approximate surface area is 135 Å². The smallest absolute Gasteiger partial charge is 0.272 e. The summed E-state index contributed by atoms with van der Waals surface area (Å²) in [5.41, 5.74) is -0.0724. The molecule has 2 aliphatic heterocycles. The van der Waals surface area contributed by atoms with Crippen LogP contribution in [0.3, 0.4) is 0 Å². The van der Waals surface area contributed by atoms with Crippen LogP contribution in [0.5, 0.6) is 0 Å². The van der Waals surface area contributed by atoms with Gasteiger partial charge in [-0.05, 0) is 19.1 Å². The van der Waals surface area contributed by atoms with Crippen LogP contribution in [-0.2, 0) is 10.0 Å². The predicted molar refractivity (Wildman–Crippen MR) is 82.8 cm³/mol. The second kappa shape index (κ2) is 5.22. The molecule has 0 aromatic heterocycles. The van der Waals surface area contributed by atoms with E-state index in [-0.39, 0.29) is 5.96 Å². The number of nitrogens with one attached hydrogen (secondary N) is 1. The van der Waals surface area contributed by atoms with Gasteiger partial charge < -0.3 is 0 Å². The van der Waals surface area contributed by atoms with E-state index < -0.39 is 36.4 Å². The molecule has 1 aromatic rings. The Hall–Kier alpha value is -2.10. The second-order valence-electron chi connectivity index (χ2n) is 4.90. The number of hydrogen-bond acceptors (Lipinski definition) is 4. The Morgan fingerprint density at radius 3 is 2.52 bits per heavy atom. The number of halogens is 3. The summed E-state index contributed by atoms with van der Waals surface area (Å²) < 4.78 is 53.1. The van der Waals surface area contributed by atoms with Crippen LogP contribution in [0.1, 0.15) is 6.92 Å². The maximum Gasteiger partial charge on any atom is 0.358 e. The average Bonchev–Trinajstić information content (AvgIpc) is 2.80. The molecule has 0 bridgehead atoms. The fraction of sp³-hybridized carbons (Fsp3) is 0.0769. The van der Waals surface area contributed by atoms with E-state index in [4.69, 9.17) is 11.8 Å². The first kappa shape index (κ1) is 15.8. The molecule has 0 radical (unpaired) electrons. The largest absolute Gasteiger partial charge is 0.358 e. The topological polar surface area (TPSA) is 70.9 Å².